The molecule has 5 heteroatoms. The highest BCUT2D eigenvalue weighted by Crippen LogP contribution is 2.25. The van der Waals surface area contributed by atoms with E-state index in [-0.39, 0.29) is 5.75 Å². The molecule has 23 heavy (non-hydrogen) atoms. The molecule has 1 aliphatic heterocycles. The number of methoxy groups -OCH3 is 1. The summed E-state index contributed by atoms with van der Waals surface area (Å²) < 4.78 is 5.09. The molecule has 3 rings (SSSR count). The number of phenolic OH excluding ortho intramolecular Hbond substituents is 1. The second-order valence-electron chi connectivity index (χ2n) is 5.90. The average Bonchev–Trinajstić information content (AvgIpc) is 2.57. The first-order valence-electron chi connectivity index (χ1n) is 7.85. The molecule has 1 saturated heterocycles. The Morgan fingerprint density at radius 3 is 2.43 bits per heavy atom. The third-order valence-electron chi connectivity index (χ3n) is 4.36. The first kappa shape index (κ1) is 16.0. The van der Waals surface area contributed by atoms with Gasteiger partial charge >= 0.3 is 0 Å². The van der Waals surface area contributed by atoms with Crippen molar-refractivity contribution in [2.75, 3.05) is 38.2 Å². The normalized spacial score (nSPS) is 15.7. The fourth-order valence-electron chi connectivity index (χ4n) is 3.04. The van der Waals surface area contributed by atoms with Crippen LogP contribution in [0.2, 0.25) is 5.02 Å². The van der Waals surface area contributed by atoms with Crippen LogP contribution < -0.4 is 14.5 Å². The van der Waals surface area contributed by atoms with E-state index in [1.165, 1.54) is 10.6 Å². The van der Waals surface area contributed by atoms with Crippen molar-refractivity contribution in [1.82, 2.24) is 0 Å². The zero-order chi connectivity index (χ0) is 16.2. The lowest BCUT2D eigenvalue weighted by atomic mass is 10.1. The van der Waals surface area contributed by atoms with Gasteiger partial charge in [0.2, 0.25) is 0 Å². The maximum Gasteiger partial charge on any atom is 0.160 e. The summed E-state index contributed by atoms with van der Waals surface area (Å²) >= 11 is 5.95. The molecule has 0 saturated carbocycles. The first-order valence-corrected chi connectivity index (χ1v) is 8.23. The van der Waals surface area contributed by atoms with E-state index in [4.69, 9.17) is 16.3 Å². The fourth-order valence-corrected chi connectivity index (χ4v) is 3.17. The lowest BCUT2D eigenvalue weighted by Crippen LogP contribution is -3.13. The zero-order valence-corrected chi connectivity index (χ0v) is 14.0. The van der Waals surface area contributed by atoms with Gasteiger partial charge in [-0.2, -0.15) is 0 Å². The number of hydrogen-bond donors (Lipinski definition) is 2. The second kappa shape index (κ2) is 7.11. The van der Waals surface area contributed by atoms with Crippen LogP contribution in [0, 0.1) is 0 Å². The molecule has 2 N–H and O–H groups in total. The summed E-state index contributed by atoms with van der Waals surface area (Å²) in [5.74, 6) is 0.737. The number of nitrogens with one attached hydrogen (secondary N) is 1. The van der Waals surface area contributed by atoms with E-state index in [2.05, 4.69) is 17.0 Å². The van der Waals surface area contributed by atoms with Crippen LogP contribution in [0.15, 0.2) is 42.5 Å². The molecule has 0 radical (unpaired) electrons. The van der Waals surface area contributed by atoms with Crippen LogP contribution in [-0.2, 0) is 6.54 Å². The van der Waals surface area contributed by atoms with Gasteiger partial charge in [0.25, 0.3) is 0 Å². The Bertz CT molecular complexity index is 653. The van der Waals surface area contributed by atoms with Gasteiger partial charge in [0.05, 0.1) is 33.3 Å². The minimum absolute atomic E-state index is 0.212. The number of hydrogen-bond acceptors (Lipinski definition) is 3. The Balaban J connectivity index is 1.56. The zero-order valence-electron chi connectivity index (χ0n) is 13.3. The van der Waals surface area contributed by atoms with Gasteiger partial charge in [0.15, 0.2) is 11.5 Å². The summed E-state index contributed by atoms with van der Waals surface area (Å²) in [5.41, 5.74) is 2.37. The van der Waals surface area contributed by atoms with Crippen molar-refractivity contribution in [1.29, 1.82) is 0 Å². The minimum atomic E-state index is 0.212. The Hall–Kier alpha value is -1.91. The molecule has 0 bridgehead atoms. The second-order valence-corrected chi connectivity index (χ2v) is 6.33. The summed E-state index contributed by atoms with van der Waals surface area (Å²) in [6.45, 7) is 5.13. The van der Waals surface area contributed by atoms with Crippen LogP contribution in [0.1, 0.15) is 5.56 Å². The third kappa shape index (κ3) is 3.89. The lowest BCUT2D eigenvalue weighted by molar-refractivity contribution is -0.914. The maximum absolute atomic E-state index is 9.88. The van der Waals surface area contributed by atoms with E-state index in [0.29, 0.717) is 5.75 Å². The number of piperazine rings is 1. The van der Waals surface area contributed by atoms with Crippen molar-refractivity contribution >= 4 is 17.3 Å². The quantitative estimate of drug-likeness (QED) is 0.898. The van der Waals surface area contributed by atoms with E-state index in [9.17, 15) is 5.11 Å². The van der Waals surface area contributed by atoms with E-state index >= 15 is 0 Å². The highest BCUT2D eigenvalue weighted by molar-refractivity contribution is 6.30. The maximum atomic E-state index is 9.88. The molecular formula is C18H22ClN2O2+. The van der Waals surface area contributed by atoms with E-state index in [1.807, 2.05) is 24.3 Å². The van der Waals surface area contributed by atoms with E-state index in [0.717, 1.165) is 43.3 Å². The number of nitrogens with zero attached hydrogens (tertiary/aromatic N) is 1. The van der Waals surface area contributed by atoms with Crippen molar-refractivity contribution in [3.8, 4) is 11.5 Å². The molecular weight excluding hydrogens is 312 g/mol. The summed E-state index contributed by atoms with van der Waals surface area (Å²) in [4.78, 5) is 3.92. The van der Waals surface area contributed by atoms with Crippen molar-refractivity contribution in [2.45, 2.75) is 6.54 Å². The Kier molecular flexibility index (Phi) is 4.94. The molecule has 0 atom stereocenters. The van der Waals surface area contributed by atoms with Crippen LogP contribution in [0.25, 0.3) is 0 Å². The molecule has 0 aromatic heterocycles. The average molecular weight is 334 g/mol. The smallest absolute Gasteiger partial charge is 0.160 e. The van der Waals surface area contributed by atoms with Crippen molar-refractivity contribution in [3.05, 3.63) is 53.1 Å². The molecule has 1 fully saturated rings. The van der Waals surface area contributed by atoms with Crippen LogP contribution in [-0.4, -0.2) is 38.4 Å². The van der Waals surface area contributed by atoms with Gasteiger partial charge in [-0.05, 0) is 42.5 Å². The van der Waals surface area contributed by atoms with Gasteiger partial charge < -0.3 is 19.6 Å². The Morgan fingerprint density at radius 1 is 1.13 bits per heavy atom. The topological polar surface area (TPSA) is 37.1 Å². The molecule has 2 aromatic carbocycles. The third-order valence-corrected chi connectivity index (χ3v) is 4.61. The molecule has 4 nitrogen and oxygen atoms in total. The molecule has 1 aliphatic rings. The SMILES string of the molecule is COc1ccc(C[NH+]2CCN(c3ccc(Cl)cc3)CC2)cc1O. The summed E-state index contributed by atoms with van der Waals surface area (Å²) in [6.07, 6.45) is 0. The van der Waals surface area contributed by atoms with Crippen molar-refractivity contribution in [2.24, 2.45) is 0 Å². The molecule has 1 heterocycles. The molecule has 122 valence electrons. The number of anilines is 1. The summed E-state index contributed by atoms with van der Waals surface area (Å²) in [5, 5.41) is 10.7. The van der Waals surface area contributed by atoms with Gasteiger partial charge in [0.1, 0.15) is 6.54 Å². The van der Waals surface area contributed by atoms with Crippen molar-refractivity contribution < 1.29 is 14.7 Å². The van der Waals surface area contributed by atoms with Gasteiger partial charge in [-0.1, -0.05) is 11.6 Å². The number of halogens is 1. The van der Waals surface area contributed by atoms with Gasteiger partial charge in [-0.15, -0.1) is 0 Å². The van der Waals surface area contributed by atoms with Crippen molar-refractivity contribution in [3.63, 3.8) is 0 Å². The predicted molar refractivity (Wildman–Crippen MR) is 92.7 cm³/mol. The lowest BCUT2D eigenvalue weighted by Gasteiger charge is -2.33. The number of benzene rings is 2. The first-order chi connectivity index (χ1) is 11.2. The van der Waals surface area contributed by atoms with Crippen LogP contribution in [0.3, 0.4) is 0 Å². The van der Waals surface area contributed by atoms with Gasteiger partial charge in [0, 0.05) is 16.3 Å². The molecule has 0 amide bonds. The Morgan fingerprint density at radius 2 is 1.83 bits per heavy atom. The number of ether oxygens (including phenoxy) is 1. The highest BCUT2D eigenvalue weighted by atomic mass is 35.5. The number of aromatic hydroxyl groups is 1. The summed E-state index contributed by atoms with van der Waals surface area (Å²) in [7, 11) is 1.57. The van der Waals surface area contributed by atoms with E-state index in [1.54, 1.807) is 13.2 Å². The van der Waals surface area contributed by atoms with E-state index < -0.39 is 0 Å². The monoisotopic (exact) mass is 333 g/mol. The van der Waals surface area contributed by atoms with Gasteiger partial charge in [-0.25, -0.2) is 0 Å². The molecule has 0 unspecified atom stereocenters. The minimum Gasteiger partial charge on any atom is -0.504 e. The number of rotatable bonds is 4. The fraction of sp³-hybridized carbons (Fsp3) is 0.333. The largest absolute Gasteiger partial charge is 0.504 e. The molecule has 0 aliphatic carbocycles. The van der Waals surface area contributed by atoms with Gasteiger partial charge in [-0.3, -0.25) is 0 Å². The highest BCUT2D eigenvalue weighted by Gasteiger charge is 2.20. The molecule has 0 spiro atoms. The predicted octanol–water partition coefficient (Wildman–Crippen LogP) is 1.96. The number of phenols is 1. The summed E-state index contributed by atoms with van der Waals surface area (Å²) in [6, 6.07) is 13.7. The molecule has 2 aromatic rings. The van der Waals surface area contributed by atoms with Crippen LogP contribution in [0.4, 0.5) is 5.69 Å². The van der Waals surface area contributed by atoms with Crippen LogP contribution >= 0.6 is 11.6 Å². The van der Waals surface area contributed by atoms with Crippen LogP contribution in [0.5, 0.6) is 11.5 Å². The standard InChI is InChI=1S/C18H21ClN2O2/c1-23-18-7-2-14(12-17(18)22)13-20-8-10-21(11-9-20)16-5-3-15(19)4-6-16/h2-7,12,22H,8-11,13H2,1H3/p+1. The number of quaternary nitrogens is 1. The Labute approximate surface area is 141 Å².